The topological polar surface area (TPSA) is 80.0 Å². The molecule has 4 rings (SSSR count). The normalized spacial score (nSPS) is 10.6. The highest BCUT2D eigenvalue weighted by Crippen LogP contribution is 2.25. The Morgan fingerprint density at radius 3 is 2.67 bits per heavy atom. The molecule has 0 aliphatic heterocycles. The van der Waals surface area contributed by atoms with Gasteiger partial charge in [0.2, 0.25) is 0 Å². The number of amides is 1. The van der Waals surface area contributed by atoms with Crippen molar-refractivity contribution in [2.45, 2.75) is 20.0 Å². The summed E-state index contributed by atoms with van der Waals surface area (Å²) in [6, 6.07) is 19.2. The monoisotopic (exact) mass is 398 g/mol. The highest BCUT2D eigenvalue weighted by Gasteiger charge is 2.15. The fourth-order valence-electron chi connectivity index (χ4n) is 3.15. The highest BCUT2D eigenvalue weighted by atomic mass is 16.3. The second-order valence-electron chi connectivity index (χ2n) is 6.88. The first-order valence-electron chi connectivity index (χ1n) is 9.71. The van der Waals surface area contributed by atoms with Crippen LogP contribution in [0, 0.1) is 6.92 Å². The van der Waals surface area contributed by atoms with E-state index in [0.717, 1.165) is 22.4 Å². The zero-order chi connectivity index (χ0) is 20.8. The molecule has 1 amide bonds. The van der Waals surface area contributed by atoms with Crippen LogP contribution in [0.1, 0.15) is 27.2 Å². The first-order valence-corrected chi connectivity index (χ1v) is 9.71. The van der Waals surface area contributed by atoms with E-state index in [1.165, 1.54) is 0 Å². The Morgan fingerprint density at radius 1 is 1.00 bits per heavy atom. The molecule has 6 heteroatoms. The van der Waals surface area contributed by atoms with Crippen LogP contribution in [-0.4, -0.2) is 15.9 Å². The first-order chi connectivity index (χ1) is 14.7. The summed E-state index contributed by atoms with van der Waals surface area (Å²) in [4.78, 5) is 21.7. The molecule has 0 radical (unpaired) electrons. The lowest BCUT2D eigenvalue weighted by Gasteiger charge is -2.14. The Bertz CT molecular complexity index is 1130. The van der Waals surface area contributed by atoms with Crippen molar-refractivity contribution < 1.29 is 9.21 Å². The van der Waals surface area contributed by atoms with E-state index < -0.39 is 0 Å². The van der Waals surface area contributed by atoms with Crippen molar-refractivity contribution in [1.82, 2.24) is 15.3 Å². The minimum atomic E-state index is -0.219. The maximum absolute atomic E-state index is 12.8. The number of benzene rings is 1. The lowest BCUT2D eigenvalue weighted by atomic mass is 10.0. The largest absolute Gasteiger partial charge is 0.467 e. The Balaban J connectivity index is 1.61. The molecule has 0 saturated heterocycles. The van der Waals surface area contributed by atoms with Gasteiger partial charge >= 0.3 is 0 Å². The zero-order valence-electron chi connectivity index (χ0n) is 16.6. The molecule has 0 bridgehead atoms. The second-order valence-corrected chi connectivity index (χ2v) is 6.88. The maximum Gasteiger partial charge on any atom is 0.255 e. The Kier molecular flexibility index (Phi) is 5.85. The number of carbonyl (C=O) groups is 1. The molecule has 6 nitrogen and oxygen atoms in total. The zero-order valence-corrected chi connectivity index (χ0v) is 16.6. The van der Waals surface area contributed by atoms with Crippen molar-refractivity contribution in [2.24, 2.45) is 0 Å². The predicted octanol–water partition coefficient (Wildman–Crippen LogP) is 4.59. The van der Waals surface area contributed by atoms with Crippen LogP contribution < -0.4 is 10.6 Å². The molecule has 0 saturated carbocycles. The second kappa shape index (κ2) is 9.05. The van der Waals surface area contributed by atoms with Gasteiger partial charge in [-0.1, -0.05) is 30.3 Å². The van der Waals surface area contributed by atoms with Gasteiger partial charge in [-0.05, 0) is 48.4 Å². The van der Waals surface area contributed by atoms with Gasteiger partial charge < -0.3 is 15.1 Å². The third-order valence-electron chi connectivity index (χ3n) is 4.75. The Hall–Kier alpha value is -3.93. The third-order valence-corrected chi connectivity index (χ3v) is 4.75. The van der Waals surface area contributed by atoms with E-state index in [1.807, 2.05) is 55.5 Å². The number of carbonyl (C=O) groups excluding carboxylic acids is 1. The van der Waals surface area contributed by atoms with Gasteiger partial charge in [0, 0.05) is 24.5 Å². The quantitative estimate of drug-likeness (QED) is 0.476. The molecule has 0 unspecified atom stereocenters. The van der Waals surface area contributed by atoms with Crippen molar-refractivity contribution in [3.8, 4) is 11.3 Å². The van der Waals surface area contributed by atoms with Crippen molar-refractivity contribution in [3.63, 3.8) is 0 Å². The van der Waals surface area contributed by atoms with Crippen molar-refractivity contribution >= 4 is 11.7 Å². The number of aromatic nitrogens is 2. The van der Waals surface area contributed by atoms with Crippen LogP contribution in [0.25, 0.3) is 11.3 Å². The van der Waals surface area contributed by atoms with Crippen LogP contribution in [0.3, 0.4) is 0 Å². The van der Waals surface area contributed by atoms with Gasteiger partial charge in [0.25, 0.3) is 5.91 Å². The van der Waals surface area contributed by atoms with Gasteiger partial charge in [-0.2, -0.15) is 0 Å². The smallest absolute Gasteiger partial charge is 0.255 e. The van der Waals surface area contributed by atoms with E-state index in [4.69, 9.17) is 9.40 Å². The van der Waals surface area contributed by atoms with Crippen LogP contribution in [0.5, 0.6) is 0 Å². The molecule has 30 heavy (non-hydrogen) atoms. The number of aryl methyl sites for hydroxylation is 1. The third kappa shape index (κ3) is 4.55. The van der Waals surface area contributed by atoms with Crippen LogP contribution in [-0.2, 0) is 13.1 Å². The number of hydrogen-bond acceptors (Lipinski definition) is 5. The summed E-state index contributed by atoms with van der Waals surface area (Å²) in [5, 5.41) is 6.18. The fourth-order valence-corrected chi connectivity index (χ4v) is 3.15. The van der Waals surface area contributed by atoms with Crippen LogP contribution in [0.2, 0.25) is 0 Å². The van der Waals surface area contributed by atoms with Crippen LogP contribution in [0.4, 0.5) is 5.82 Å². The summed E-state index contributed by atoms with van der Waals surface area (Å²) in [5.74, 6) is 0.998. The molecular formula is C24H22N4O2. The highest BCUT2D eigenvalue weighted by molar-refractivity contribution is 5.99. The number of rotatable bonds is 7. The summed E-state index contributed by atoms with van der Waals surface area (Å²) in [6.45, 7) is 2.87. The van der Waals surface area contributed by atoms with Crippen LogP contribution >= 0.6 is 0 Å². The molecule has 0 atom stereocenters. The molecule has 150 valence electrons. The lowest BCUT2D eigenvalue weighted by molar-refractivity contribution is 0.0948. The average molecular weight is 398 g/mol. The minimum absolute atomic E-state index is 0.219. The van der Waals surface area contributed by atoms with E-state index >= 15 is 0 Å². The Morgan fingerprint density at radius 2 is 1.90 bits per heavy atom. The SMILES string of the molecule is Cc1ccccc1-c1ccc(C(=O)NCc2ccco2)c(NCc2cccnc2)n1. The standard InChI is InChI=1S/C24H22N4O2/c1-17-6-2-3-9-20(17)22-11-10-21(24(29)27-16-19-8-5-13-30-19)23(28-22)26-15-18-7-4-12-25-14-18/h2-14H,15-16H2,1H3,(H,26,28)(H,27,29). The summed E-state index contributed by atoms with van der Waals surface area (Å²) >= 11 is 0. The summed E-state index contributed by atoms with van der Waals surface area (Å²) in [7, 11) is 0. The number of anilines is 1. The summed E-state index contributed by atoms with van der Waals surface area (Å²) in [5.41, 5.74) is 4.44. The molecule has 3 heterocycles. The number of nitrogens with zero attached hydrogens (tertiary/aromatic N) is 2. The molecule has 3 aromatic heterocycles. The molecule has 0 aliphatic carbocycles. The van der Waals surface area contributed by atoms with Gasteiger partial charge in [-0.15, -0.1) is 0 Å². The summed E-state index contributed by atoms with van der Waals surface area (Å²) < 4.78 is 5.29. The van der Waals surface area contributed by atoms with Gasteiger partial charge in [0.1, 0.15) is 11.6 Å². The molecule has 0 aliphatic rings. The van der Waals surface area contributed by atoms with E-state index in [9.17, 15) is 4.79 Å². The predicted molar refractivity (Wildman–Crippen MR) is 116 cm³/mol. The number of furan rings is 1. The maximum atomic E-state index is 12.8. The molecule has 0 fully saturated rings. The minimum Gasteiger partial charge on any atom is -0.467 e. The first kappa shape index (κ1) is 19.4. The van der Waals surface area contributed by atoms with Gasteiger partial charge in [0.15, 0.2) is 0 Å². The summed E-state index contributed by atoms with van der Waals surface area (Å²) in [6.07, 6.45) is 5.10. The average Bonchev–Trinajstić information content (AvgIpc) is 3.31. The van der Waals surface area contributed by atoms with E-state index in [2.05, 4.69) is 15.6 Å². The van der Waals surface area contributed by atoms with Gasteiger partial charge in [0.05, 0.1) is 24.1 Å². The molecular weight excluding hydrogens is 376 g/mol. The van der Waals surface area contributed by atoms with Crippen molar-refractivity contribution in [1.29, 1.82) is 0 Å². The fraction of sp³-hybridized carbons (Fsp3) is 0.125. The molecule has 1 aromatic carbocycles. The molecule has 4 aromatic rings. The Labute approximate surface area is 175 Å². The number of pyridine rings is 2. The number of nitrogens with one attached hydrogen (secondary N) is 2. The van der Waals surface area contributed by atoms with Crippen molar-refractivity contribution in [2.75, 3.05) is 5.32 Å². The van der Waals surface area contributed by atoms with E-state index in [0.29, 0.717) is 30.2 Å². The van der Waals surface area contributed by atoms with Crippen LogP contribution in [0.15, 0.2) is 83.7 Å². The van der Waals surface area contributed by atoms with Crippen molar-refractivity contribution in [3.05, 3.63) is 102 Å². The lowest BCUT2D eigenvalue weighted by Crippen LogP contribution is -2.24. The van der Waals surface area contributed by atoms with Gasteiger partial charge in [-0.25, -0.2) is 4.98 Å². The number of hydrogen-bond donors (Lipinski definition) is 2. The molecule has 0 spiro atoms. The van der Waals surface area contributed by atoms with E-state index in [-0.39, 0.29) is 5.91 Å². The van der Waals surface area contributed by atoms with Gasteiger partial charge in [-0.3, -0.25) is 9.78 Å². The molecule has 2 N–H and O–H groups in total. The van der Waals surface area contributed by atoms with E-state index in [1.54, 1.807) is 30.8 Å².